The van der Waals surface area contributed by atoms with E-state index in [1.54, 1.807) is 5.32 Å². The molecule has 1 aliphatic carbocycles. The Bertz CT molecular complexity index is 488. The summed E-state index contributed by atoms with van der Waals surface area (Å²) in [5.41, 5.74) is 0. The molecule has 2 fully saturated rings. The van der Waals surface area contributed by atoms with E-state index in [0.29, 0.717) is 4.90 Å². The Morgan fingerprint density at radius 2 is 1.65 bits per heavy atom. The molecule has 23 heavy (non-hydrogen) atoms. The first-order valence-corrected chi connectivity index (χ1v) is 6.83. The molecule has 3 atom stereocenters. The lowest BCUT2D eigenvalue weighted by molar-refractivity contribution is -0.188. The van der Waals surface area contributed by atoms with E-state index in [4.69, 9.17) is 5.11 Å². The minimum Gasteiger partial charge on any atom is -0.481 e. The van der Waals surface area contributed by atoms with Crippen molar-refractivity contribution in [2.45, 2.75) is 31.2 Å². The van der Waals surface area contributed by atoms with Gasteiger partial charge in [-0.15, -0.1) is 0 Å². The number of nitrogens with one attached hydrogen (secondary N) is 1. The normalized spacial score (nSPS) is 27.0. The Labute approximate surface area is 126 Å². The molecule has 1 aliphatic heterocycles. The molecule has 0 aromatic heterocycles. The van der Waals surface area contributed by atoms with Gasteiger partial charge in [0, 0.05) is 13.1 Å². The standard InChI is InChI=1S/C12H14F6N2O3/c13-11(14,15)7-4-20(3-6(7)9(21)22)10(23)19-8(5-1-2-5)12(16,17)18/h5-8H,1-4H2,(H,19,23)(H,21,22)/t6-,7-,8?/m1/s1. The first kappa shape index (κ1) is 17.7. The fourth-order valence-electron chi connectivity index (χ4n) is 2.67. The van der Waals surface area contributed by atoms with Crippen molar-refractivity contribution in [1.82, 2.24) is 10.2 Å². The number of likely N-dealkylation sites (tertiary alicyclic amines) is 1. The van der Waals surface area contributed by atoms with Gasteiger partial charge < -0.3 is 15.3 Å². The summed E-state index contributed by atoms with van der Waals surface area (Å²) in [5, 5.41) is 10.5. The molecule has 0 radical (unpaired) electrons. The van der Waals surface area contributed by atoms with Crippen LogP contribution in [-0.4, -0.2) is 53.5 Å². The van der Waals surface area contributed by atoms with E-state index in [1.807, 2.05) is 0 Å². The monoisotopic (exact) mass is 348 g/mol. The van der Waals surface area contributed by atoms with E-state index in [-0.39, 0.29) is 12.8 Å². The summed E-state index contributed by atoms with van der Waals surface area (Å²) >= 11 is 0. The topological polar surface area (TPSA) is 69.6 Å². The van der Waals surface area contributed by atoms with Gasteiger partial charge in [-0.25, -0.2) is 4.79 Å². The van der Waals surface area contributed by atoms with Crippen LogP contribution in [0.4, 0.5) is 31.1 Å². The number of amides is 2. The molecule has 2 rings (SSSR count). The molecule has 132 valence electrons. The third kappa shape index (κ3) is 3.99. The van der Waals surface area contributed by atoms with Gasteiger partial charge in [-0.3, -0.25) is 4.79 Å². The van der Waals surface area contributed by atoms with E-state index < -0.39 is 61.2 Å². The summed E-state index contributed by atoms with van der Waals surface area (Å²) in [6.07, 6.45) is -9.01. The van der Waals surface area contributed by atoms with E-state index in [0.717, 1.165) is 0 Å². The Morgan fingerprint density at radius 3 is 2.00 bits per heavy atom. The van der Waals surface area contributed by atoms with E-state index in [2.05, 4.69) is 0 Å². The summed E-state index contributed by atoms with van der Waals surface area (Å²) in [5.74, 6) is -6.70. The predicted molar refractivity (Wildman–Crippen MR) is 63.3 cm³/mol. The van der Waals surface area contributed by atoms with Crippen molar-refractivity contribution in [2.75, 3.05) is 13.1 Å². The molecule has 2 N–H and O–H groups in total. The molecule has 0 aromatic rings. The number of urea groups is 1. The maximum atomic E-state index is 12.8. The summed E-state index contributed by atoms with van der Waals surface area (Å²) in [6.45, 7) is -1.75. The Kier molecular flexibility index (Phi) is 4.42. The molecule has 1 heterocycles. The molecule has 0 spiro atoms. The molecule has 2 amide bonds. The molecule has 1 saturated heterocycles. The van der Waals surface area contributed by atoms with Crippen LogP contribution in [0.25, 0.3) is 0 Å². The maximum Gasteiger partial charge on any atom is 0.408 e. The van der Waals surface area contributed by atoms with Crippen molar-refractivity contribution in [3.8, 4) is 0 Å². The highest BCUT2D eigenvalue weighted by Gasteiger charge is 2.55. The minimum absolute atomic E-state index is 0.271. The van der Waals surface area contributed by atoms with Crippen molar-refractivity contribution < 1.29 is 41.0 Å². The first-order valence-electron chi connectivity index (χ1n) is 6.83. The lowest BCUT2D eigenvalue weighted by Gasteiger charge is -2.25. The zero-order valence-corrected chi connectivity index (χ0v) is 11.6. The fraction of sp³-hybridized carbons (Fsp3) is 0.833. The highest BCUT2D eigenvalue weighted by Crippen LogP contribution is 2.41. The lowest BCUT2D eigenvalue weighted by Crippen LogP contribution is -2.51. The number of alkyl halides is 6. The number of carbonyl (C=O) groups excluding carboxylic acids is 1. The molecule has 0 aromatic carbocycles. The van der Waals surface area contributed by atoms with Gasteiger partial charge in [0.15, 0.2) is 0 Å². The molecule has 1 unspecified atom stereocenters. The average molecular weight is 348 g/mol. The van der Waals surface area contributed by atoms with Crippen molar-refractivity contribution in [3.05, 3.63) is 0 Å². The Hall–Kier alpha value is -1.68. The number of halogens is 6. The van der Waals surface area contributed by atoms with Crippen LogP contribution < -0.4 is 5.32 Å². The largest absolute Gasteiger partial charge is 0.481 e. The van der Waals surface area contributed by atoms with E-state index >= 15 is 0 Å². The number of hydrogen-bond donors (Lipinski definition) is 2. The average Bonchev–Trinajstić information content (AvgIpc) is 3.08. The SMILES string of the molecule is O=C(O)[C@@H]1CN(C(=O)NC(C2CC2)C(F)(F)F)C[C@H]1C(F)(F)F. The van der Waals surface area contributed by atoms with Crippen LogP contribution in [-0.2, 0) is 4.79 Å². The number of nitrogens with zero attached hydrogens (tertiary/aromatic N) is 1. The number of carboxylic acid groups (broad SMARTS) is 1. The highest BCUT2D eigenvalue weighted by molar-refractivity contribution is 5.78. The maximum absolute atomic E-state index is 12.8. The second kappa shape index (κ2) is 5.75. The minimum atomic E-state index is -4.85. The second-order valence-corrected chi connectivity index (χ2v) is 5.80. The number of rotatable bonds is 3. The van der Waals surface area contributed by atoms with Gasteiger partial charge in [0.1, 0.15) is 6.04 Å². The molecule has 2 aliphatic rings. The van der Waals surface area contributed by atoms with Gasteiger partial charge in [0.2, 0.25) is 0 Å². The molecule has 1 saturated carbocycles. The van der Waals surface area contributed by atoms with Gasteiger partial charge >= 0.3 is 24.4 Å². The summed E-state index contributed by atoms with van der Waals surface area (Å²) in [7, 11) is 0. The second-order valence-electron chi connectivity index (χ2n) is 5.80. The highest BCUT2D eigenvalue weighted by atomic mass is 19.4. The molecule has 11 heteroatoms. The van der Waals surface area contributed by atoms with Crippen molar-refractivity contribution in [1.29, 1.82) is 0 Å². The number of carboxylic acids is 1. The zero-order valence-electron chi connectivity index (χ0n) is 11.6. The van der Waals surface area contributed by atoms with Crippen LogP contribution in [0.15, 0.2) is 0 Å². The third-order valence-electron chi connectivity index (χ3n) is 4.07. The molecular weight excluding hydrogens is 334 g/mol. The number of aliphatic carboxylic acids is 1. The summed E-state index contributed by atoms with van der Waals surface area (Å²) in [4.78, 5) is 23.2. The van der Waals surface area contributed by atoms with E-state index in [9.17, 15) is 35.9 Å². The van der Waals surface area contributed by atoms with Crippen molar-refractivity contribution >= 4 is 12.0 Å². The number of hydrogen-bond acceptors (Lipinski definition) is 2. The van der Waals surface area contributed by atoms with Crippen LogP contribution >= 0.6 is 0 Å². The Balaban J connectivity index is 2.07. The van der Waals surface area contributed by atoms with Gasteiger partial charge in [-0.05, 0) is 18.8 Å². The summed E-state index contributed by atoms with van der Waals surface area (Å²) < 4.78 is 76.9. The van der Waals surface area contributed by atoms with Crippen LogP contribution in [0.1, 0.15) is 12.8 Å². The van der Waals surface area contributed by atoms with Gasteiger partial charge in [0.25, 0.3) is 0 Å². The lowest BCUT2D eigenvalue weighted by atomic mass is 9.96. The third-order valence-corrected chi connectivity index (χ3v) is 4.07. The van der Waals surface area contributed by atoms with Gasteiger partial charge in [-0.1, -0.05) is 0 Å². The first-order chi connectivity index (χ1) is 10.4. The van der Waals surface area contributed by atoms with Gasteiger partial charge in [0.05, 0.1) is 11.8 Å². The Morgan fingerprint density at radius 1 is 1.09 bits per heavy atom. The van der Waals surface area contributed by atoms with Crippen LogP contribution in [0.2, 0.25) is 0 Å². The fourth-order valence-corrected chi connectivity index (χ4v) is 2.67. The van der Waals surface area contributed by atoms with E-state index in [1.165, 1.54) is 0 Å². The smallest absolute Gasteiger partial charge is 0.408 e. The quantitative estimate of drug-likeness (QED) is 0.769. The van der Waals surface area contributed by atoms with Gasteiger partial charge in [-0.2, -0.15) is 26.3 Å². The van der Waals surface area contributed by atoms with Crippen molar-refractivity contribution in [3.63, 3.8) is 0 Å². The predicted octanol–water partition coefficient (Wildman–Crippen LogP) is 2.23. The van der Waals surface area contributed by atoms with Crippen molar-refractivity contribution in [2.24, 2.45) is 17.8 Å². The van der Waals surface area contributed by atoms with Crippen LogP contribution in [0.5, 0.6) is 0 Å². The zero-order chi connectivity index (χ0) is 17.6. The molecule has 0 bridgehead atoms. The molecular formula is C12H14F6N2O3. The van der Waals surface area contributed by atoms with Crippen LogP contribution in [0, 0.1) is 17.8 Å². The van der Waals surface area contributed by atoms with Crippen LogP contribution in [0.3, 0.4) is 0 Å². The number of carbonyl (C=O) groups is 2. The summed E-state index contributed by atoms with van der Waals surface area (Å²) in [6, 6.07) is -3.44. The molecule has 5 nitrogen and oxygen atoms in total.